The molecule has 0 saturated heterocycles. The Morgan fingerprint density at radius 1 is 1.18 bits per heavy atom. The molecule has 0 spiro atoms. The van der Waals surface area contributed by atoms with E-state index in [1.54, 1.807) is 0 Å². The van der Waals surface area contributed by atoms with Crippen molar-refractivity contribution in [1.29, 1.82) is 11.1 Å². The highest BCUT2D eigenvalue weighted by molar-refractivity contribution is 9.08. The first kappa shape index (κ1) is 10.0. The van der Waals surface area contributed by atoms with E-state index in [1.807, 2.05) is 23.1 Å². The molecule has 0 unspecified atom stereocenters. The smallest absolute Gasteiger partial charge is 0.0876 e. The molecule has 11 heavy (non-hydrogen) atoms. The Bertz CT molecular complexity index is 216. The molecule has 0 radical (unpaired) electrons. The molecule has 1 aromatic carbocycles. The minimum atomic E-state index is 0.952. The number of rotatable bonds is 1. The predicted molar refractivity (Wildman–Crippen MR) is 46.6 cm³/mol. The van der Waals surface area contributed by atoms with Crippen molar-refractivity contribution in [3.05, 3.63) is 35.9 Å². The summed E-state index contributed by atoms with van der Waals surface area (Å²) in [5, 5.41) is 0.952. The normalized spacial score (nSPS) is 7.36. The first-order valence-corrected chi connectivity index (χ1v) is 4.10. The Morgan fingerprint density at radius 2 is 1.64 bits per heavy atom. The molecular weight excluding hydrogens is 206 g/mol. The topological polar surface area (TPSA) is 61.8 Å². The van der Waals surface area contributed by atoms with Crippen LogP contribution in [0.5, 0.6) is 0 Å². The van der Waals surface area contributed by atoms with Gasteiger partial charge in [0.15, 0.2) is 0 Å². The fourth-order valence-electron chi connectivity index (χ4n) is 0.567. The van der Waals surface area contributed by atoms with Gasteiger partial charge in [0.2, 0.25) is 4.91 Å². The first-order chi connectivity index (χ1) is 5.35. The fraction of sp³-hybridized carbons (Fsp3) is 0.143. The molecule has 0 fully saturated rings. The van der Waals surface area contributed by atoms with E-state index in [4.69, 9.17) is 11.1 Å². The van der Waals surface area contributed by atoms with E-state index in [9.17, 15) is 0 Å². The van der Waals surface area contributed by atoms with Crippen molar-refractivity contribution < 1.29 is 0 Å². The average molecular weight is 215 g/mol. The van der Waals surface area contributed by atoms with E-state index < -0.39 is 0 Å². The van der Waals surface area contributed by atoms with Gasteiger partial charge in [0.25, 0.3) is 0 Å². The summed E-state index contributed by atoms with van der Waals surface area (Å²) < 4.78 is 0. The lowest BCUT2D eigenvalue weighted by Crippen LogP contribution is -1.70. The third-order valence-corrected chi connectivity index (χ3v) is 1.64. The first-order valence-electron chi connectivity index (χ1n) is 2.98. The number of hydrogen-bond donors (Lipinski definition) is 2. The monoisotopic (exact) mass is 214 g/mol. The van der Waals surface area contributed by atoms with E-state index in [0.717, 1.165) is 5.33 Å². The van der Waals surface area contributed by atoms with Crippen LogP contribution in [-0.2, 0) is 5.33 Å². The number of nitrogens with zero attached hydrogens (tertiary/aromatic N) is 1. The molecule has 0 aliphatic heterocycles. The van der Waals surface area contributed by atoms with Gasteiger partial charge in [0, 0.05) is 5.33 Å². The van der Waals surface area contributed by atoms with Crippen LogP contribution in [0.2, 0.25) is 0 Å². The molecule has 0 amide bonds. The highest BCUT2D eigenvalue weighted by Gasteiger charge is 1.81. The van der Waals surface area contributed by atoms with Crippen LogP contribution in [0.1, 0.15) is 5.56 Å². The second kappa shape index (κ2) is 7.12. The molecule has 3 nitrogen and oxygen atoms in total. The highest BCUT2D eigenvalue weighted by atomic mass is 79.9. The van der Waals surface area contributed by atoms with Gasteiger partial charge in [-0.1, -0.05) is 46.3 Å². The van der Waals surface area contributed by atoms with Crippen molar-refractivity contribution >= 4 is 15.9 Å². The lowest BCUT2D eigenvalue weighted by molar-refractivity contribution is 0.928. The maximum atomic E-state index is 5.50. The average Bonchev–Trinajstić information content (AvgIpc) is 2.08. The van der Waals surface area contributed by atoms with Crippen molar-refractivity contribution in [1.82, 2.24) is 4.91 Å². The summed E-state index contributed by atoms with van der Waals surface area (Å²) >= 11 is 3.36. The van der Waals surface area contributed by atoms with Crippen LogP contribution in [0.15, 0.2) is 30.3 Å². The molecule has 0 bridgehead atoms. The number of alkyl halides is 1. The molecule has 2 N–H and O–H groups in total. The molecule has 0 aliphatic carbocycles. The molecule has 0 heterocycles. The summed E-state index contributed by atoms with van der Waals surface area (Å²) in [6.45, 7) is 0. The van der Waals surface area contributed by atoms with Crippen molar-refractivity contribution in [2.75, 3.05) is 0 Å². The number of halogens is 1. The molecular formula is C7H9BrN3+. The Labute approximate surface area is 73.6 Å². The molecule has 0 saturated carbocycles. The molecule has 0 atom stereocenters. The van der Waals surface area contributed by atoms with Crippen LogP contribution in [0.4, 0.5) is 0 Å². The van der Waals surface area contributed by atoms with E-state index in [2.05, 4.69) is 28.1 Å². The third kappa shape index (κ3) is 5.45. The molecule has 0 aliphatic rings. The van der Waals surface area contributed by atoms with E-state index >= 15 is 0 Å². The Hall–Kier alpha value is -0.990. The largest absolute Gasteiger partial charge is 0.211 e. The van der Waals surface area contributed by atoms with Crippen LogP contribution < -0.4 is 4.91 Å². The van der Waals surface area contributed by atoms with Gasteiger partial charge in [0.1, 0.15) is 11.1 Å². The van der Waals surface area contributed by atoms with Crippen LogP contribution in [0.3, 0.4) is 0 Å². The van der Waals surface area contributed by atoms with Gasteiger partial charge in [-0.25, -0.2) is 0 Å². The minimum absolute atomic E-state index is 0.952. The number of benzene rings is 1. The molecule has 1 aromatic rings. The standard InChI is InChI=1S/C7H7Br.H2N3/c8-6-7-4-2-1-3-5-7;1-3-2/h1-5H,6H2;1-2H/q;+1. The summed E-state index contributed by atoms with van der Waals surface area (Å²) in [6, 6.07) is 10.3. The number of hydrogen-bond acceptors (Lipinski definition) is 2. The van der Waals surface area contributed by atoms with Crippen LogP contribution in [0.25, 0.3) is 0 Å². The van der Waals surface area contributed by atoms with Gasteiger partial charge in [-0.2, -0.15) is 0 Å². The summed E-state index contributed by atoms with van der Waals surface area (Å²) in [5.74, 6) is 0. The van der Waals surface area contributed by atoms with Gasteiger partial charge in [0.05, 0.1) is 0 Å². The Kier molecular flexibility index (Phi) is 6.48. The summed E-state index contributed by atoms with van der Waals surface area (Å²) in [7, 11) is 0. The van der Waals surface area contributed by atoms with Crippen molar-refractivity contribution in [2.24, 2.45) is 0 Å². The minimum Gasteiger partial charge on any atom is -0.0876 e. The van der Waals surface area contributed by atoms with Crippen LogP contribution >= 0.6 is 15.9 Å². The zero-order chi connectivity index (χ0) is 8.53. The zero-order valence-electron chi connectivity index (χ0n) is 5.92. The van der Waals surface area contributed by atoms with E-state index in [1.165, 1.54) is 5.56 Å². The predicted octanol–water partition coefficient (Wildman–Crippen LogP) is 2.70. The van der Waals surface area contributed by atoms with E-state index in [-0.39, 0.29) is 0 Å². The lowest BCUT2D eigenvalue weighted by Gasteiger charge is -1.88. The molecule has 1 rings (SSSR count). The Morgan fingerprint density at radius 3 is 1.91 bits per heavy atom. The van der Waals surface area contributed by atoms with Crippen molar-refractivity contribution in [2.45, 2.75) is 5.33 Å². The summed E-state index contributed by atoms with van der Waals surface area (Å²) in [6.07, 6.45) is 0. The van der Waals surface area contributed by atoms with Crippen molar-refractivity contribution in [3.8, 4) is 0 Å². The van der Waals surface area contributed by atoms with E-state index in [0.29, 0.717) is 0 Å². The lowest BCUT2D eigenvalue weighted by atomic mass is 10.2. The van der Waals surface area contributed by atoms with Gasteiger partial charge in [-0.05, 0) is 5.56 Å². The fourth-order valence-corrected chi connectivity index (χ4v) is 0.941. The maximum absolute atomic E-state index is 5.50. The van der Waals surface area contributed by atoms with Gasteiger partial charge in [-0.3, -0.25) is 0 Å². The Balaban J connectivity index is 0.000000292. The van der Waals surface area contributed by atoms with Gasteiger partial charge >= 0.3 is 0 Å². The number of nitrogens with one attached hydrogen (secondary N) is 2. The van der Waals surface area contributed by atoms with Crippen LogP contribution in [0, 0.1) is 11.1 Å². The van der Waals surface area contributed by atoms with Crippen LogP contribution in [-0.4, -0.2) is 0 Å². The van der Waals surface area contributed by atoms with Gasteiger partial charge < -0.3 is 0 Å². The molecule has 4 heteroatoms. The SMILES string of the molecule is BrCc1ccccc1.N=[N+]=N. The quantitative estimate of drug-likeness (QED) is 0.411. The molecule has 58 valence electrons. The van der Waals surface area contributed by atoms with Gasteiger partial charge in [-0.15, -0.1) is 0 Å². The summed E-state index contributed by atoms with van der Waals surface area (Å²) in [5.41, 5.74) is 12.3. The summed E-state index contributed by atoms with van der Waals surface area (Å²) in [4.78, 5) is 2.00. The third-order valence-electron chi connectivity index (χ3n) is 0.997. The zero-order valence-corrected chi connectivity index (χ0v) is 7.51. The second-order valence-electron chi connectivity index (χ2n) is 1.73. The van der Waals surface area contributed by atoms with Crippen molar-refractivity contribution in [3.63, 3.8) is 0 Å². The highest BCUT2D eigenvalue weighted by Crippen LogP contribution is 2.02. The second-order valence-corrected chi connectivity index (χ2v) is 2.29. The molecule has 0 aromatic heterocycles. The maximum Gasteiger partial charge on any atom is 0.211 e.